The molecule has 0 aliphatic carbocycles. The molecule has 0 aromatic carbocycles. The molecule has 1 unspecified atom stereocenters. The van der Waals surface area contributed by atoms with Gasteiger partial charge < -0.3 is 9.80 Å². The molecule has 2 saturated heterocycles. The number of amides is 1. The summed E-state index contributed by atoms with van der Waals surface area (Å²) < 4.78 is 0. The van der Waals surface area contributed by atoms with E-state index in [1.807, 2.05) is 12.3 Å². The quantitative estimate of drug-likeness (QED) is 0.783. The maximum absolute atomic E-state index is 12.8. The van der Waals surface area contributed by atoms with Crippen molar-refractivity contribution in [2.75, 3.05) is 33.2 Å². The third-order valence-corrected chi connectivity index (χ3v) is 6.10. The molecule has 2 aliphatic heterocycles. The molecule has 26 heavy (non-hydrogen) atoms. The molecule has 144 valence electrons. The number of carbonyl (C=O) groups is 1. The van der Waals surface area contributed by atoms with Gasteiger partial charge in [-0.05, 0) is 71.8 Å². The highest BCUT2D eigenvalue weighted by Crippen LogP contribution is 2.24. The van der Waals surface area contributed by atoms with Crippen LogP contribution in [0.15, 0.2) is 24.4 Å². The van der Waals surface area contributed by atoms with Crippen LogP contribution in [0.5, 0.6) is 0 Å². The highest BCUT2D eigenvalue weighted by atomic mass is 16.2. The summed E-state index contributed by atoms with van der Waals surface area (Å²) in [5.41, 5.74) is 1.17. The number of likely N-dealkylation sites (N-methyl/N-ethyl adjacent to an activating group) is 1. The fourth-order valence-electron chi connectivity index (χ4n) is 4.39. The van der Waals surface area contributed by atoms with Crippen molar-refractivity contribution in [3.8, 4) is 0 Å². The van der Waals surface area contributed by atoms with E-state index >= 15 is 0 Å². The average Bonchev–Trinajstić information content (AvgIpc) is 2.67. The van der Waals surface area contributed by atoms with Gasteiger partial charge in [-0.3, -0.25) is 14.7 Å². The van der Waals surface area contributed by atoms with E-state index in [-0.39, 0.29) is 6.04 Å². The molecule has 2 aliphatic rings. The molecule has 2 fully saturated rings. The van der Waals surface area contributed by atoms with Crippen LogP contribution in [0.2, 0.25) is 0 Å². The minimum atomic E-state index is 0.0798. The monoisotopic (exact) mass is 358 g/mol. The van der Waals surface area contributed by atoms with Gasteiger partial charge in [0.2, 0.25) is 5.91 Å². The van der Waals surface area contributed by atoms with E-state index in [0.29, 0.717) is 18.0 Å². The second-order valence-corrected chi connectivity index (χ2v) is 8.09. The summed E-state index contributed by atoms with van der Waals surface area (Å²) in [7, 11) is 2.17. The van der Waals surface area contributed by atoms with Crippen molar-refractivity contribution in [2.24, 2.45) is 0 Å². The van der Waals surface area contributed by atoms with Gasteiger partial charge in [0.1, 0.15) is 0 Å². The molecule has 0 spiro atoms. The van der Waals surface area contributed by atoms with Gasteiger partial charge in [-0.25, -0.2) is 0 Å². The van der Waals surface area contributed by atoms with E-state index in [0.717, 1.165) is 58.3 Å². The van der Waals surface area contributed by atoms with Gasteiger partial charge in [0.15, 0.2) is 0 Å². The zero-order valence-electron chi connectivity index (χ0n) is 16.6. The maximum Gasteiger partial charge on any atom is 0.240 e. The number of pyridine rings is 1. The van der Waals surface area contributed by atoms with Crippen LogP contribution in [0.25, 0.3) is 0 Å². The van der Waals surface area contributed by atoms with Crippen molar-refractivity contribution in [1.29, 1.82) is 0 Å². The van der Waals surface area contributed by atoms with Crippen molar-refractivity contribution in [3.05, 3.63) is 30.1 Å². The average molecular weight is 359 g/mol. The Balaban J connectivity index is 1.47. The van der Waals surface area contributed by atoms with E-state index in [1.165, 1.54) is 5.69 Å². The number of hydrogen-bond donors (Lipinski definition) is 0. The zero-order valence-corrected chi connectivity index (χ0v) is 16.6. The van der Waals surface area contributed by atoms with Crippen LogP contribution in [-0.2, 0) is 11.2 Å². The molecule has 1 atom stereocenters. The van der Waals surface area contributed by atoms with Crippen LogP contribution < -0.4 is 0 Å². The van der Waals surface area contributed by atoms with E-state index < -0.39 is 0 Å². The lowest BCUT2D eigenvalue weighted by Gasteiger charge is -2.44. The summed E-state index contributed by atoms with van der Waals surface area (Å²) in [6.45, 7) is 8.50. The predicted molar refractivity (Wildman–Crippen MR) is 105 cm³/mol. The van der Waals surface area contributed by atoms with Gasteiger partial charge in [-0.2, -0.15) is 0 Å². The lowest BCUT2D eigenvalue weighted by atomic mass is 9.96. The fraction of sp³-hybridized carbons (Fsp3) is 0.714. The first-order valence-electron chi connectivity index (χ1n) is 10.2. The van der Waals surface area contributed by atoms with Crippen molar-refractivity contribution >= 4 is 5.91 Å². The molecule has 0 radical (unpaired) electrons. The van der Waals surface area contributed by atoms with Gasteiger partial charge in [-0.1, -0.05) is 6.07 Å². The van der Waals surface area contributed by atoms with E-state index in [2.05, 4.69) is 52.7 Å². The van der Waals surface area contributed by atoms with Crippen LogP contribution >= 0.6 is 0 Å². The van der Waals surface area contributed by atoms with Crippen molar-refractivity contribution in [1.82, 2.24) is 19.7 Å². The number of carbonyl (C=O) groups excluding carboxylic acids is 1. The number of rotatable bonds is 6. The van der Waals surface area contributed by atoms with E-state index in [1.54, 1.807) is 0 Å². The van der Waals surface area contributed by atoms with Crippen molar-refractivity contribution in [3.63, 3.8) is 0 Å². The molecular formula is C21H34N4O. The topological polar surface area (TPSA) is 39.7 Å². The maximum atomic E-state index is 12.8. The molecule has 1 amide bonds. The standard InChI is InChI=1S/C21H34N4O/c1-17(2)25-13-6-8-20(21(25)26)23(3)19-10-15-24(16-11-19)14-9-18-7-4-5-12-22-18/h4-5,7,12,17,19-20H,6,8-11,13-16H2,1-3H3. The Morgan fingerprint density at radius 1 is 1.19 bits per heavy atom. The molecule has 5 nitrogen and oxygen atoms in total. The highest BCUT2D eigenvalue weighted by molar-refractivity contribution is 5.82. The molecule has 0 saturated carbocycles. The minimum Gasteiger partial charge on any atom is -0.339 e. The SMILES string of the molecule is CC(C)N1CCCC(N(C)C2CCN(CCc3ccccn3)CC2)C1=O. The molecule has 1 aromatic heterocycles. The summed E-state index contributed by atoms with van der Waals surface area (Å²) in [6.07, 6.45) is 7.35. The fourth-order valence-corrected chi connectivity index (χ4v) is 4.39. The summed E-state index contributed by atoms with van der Waals surface area (Å²) in [5, 5.41) is 0. The van der Waals surface area contributed by atoms with Crippen LogP contribution in [-0.4, -0.2) is 76.9 Å². The van der Waals surface area contributed by atoms with Crippen molar-refractivity contribution < 1.29 is 4.79 Å². The molecule has 0 bridgehead atoms. The number of aromatic nitrogens is 1. The van der Waals surface area contributed by atoms with Gasteiger partial charge in [0.05, 0.1) is 6.04 Å². The summed E-state index contributed by atoms with van der Waals surface area (Å²) in [4.78, 5) is 24.2. The molecule has 5 heteroatoms. The van der Waals surface area contributed by atoms with Crippen LogP contribution in [0.3, 0.4) is 0 Å². The molecule has 3 heterocycles. The largest absolute Gasteiger partial charge is 0.339 e. The van der Waals surface area contributed by atoms with Crippen LogP contribution in [0.1, 0.15) is 45.2 Å². The van der Waals surface area contributed by atoms with Crippen LogP contribution in [0, 0.1) is 0 Å². The third kappa shape index (κ3) is 4.63. The van der Waals surface area contributed by atoms with Gasteiger partial charge in [0, 0.05) is 43.5 Å². The van der Waals surface area contributed by atoms with E-state index in [9.17, 15) is 4.79 Å². The molecule has 3 rings (SSSR count). The lowest BCUT2D eigenvalue weighted by molar-refractivity contribution is -0.142. The zero-order chi connectivity index (χ0) is 18.5. The Labute approximate surface area is 158 Å². The second kappa shape index (κ2) is 8.96. The first-order chi connectivity index (χ1) is 12.6. The number of nitrogens with zero attached hydrogens (tertiary/aromatic N) is 4. The molecule has 0 N–H and O–H groups in total. The third-order valence-electron chi connectivity index (χ3n) is 6.10. The first kappa shape index (κ1) is 19.3. The lowest BCUT2D eigenvalue weighted by Crippen LogP contribution is -2.57. The Morgan fingerprint density at radius 3 is 2.62 bits per heavy atom. The summed E-state index contributed by atoms with van der Waals surface area (Å²) in [5.74, 6) is 0.339. The second-order valence-electron chi connectivity index (χ2n) is 8.09. The Kier molecular flexibility index (Phi) is 6.65. The van der Waals surface area contributed by atoms with Gasteiger partial charge in [-0.15, -0.1) is 0 Å². The minimum absolute atomic E-state index is 0.0798. The van der Waals surface area contributed by atoms with Crippen molar-refractivity contribution in [2.45, 2.75) is 64.1 Å². The smallest absolute Gasteiger partial charge is 0.240 e. The predicted octanol–water partition coefficient (Wildman–Crippen LogP) is 2.42. The van der Waals surface area contributed by atoms with E-state index in [4.69, 9.17) is 0 Å². The molecular weight excluding hydrogens is 324 g/mol. The van der Waals surface area contributed by atoms with Gasteiger partial charge >= 0.3 is 0 Å². The Morgan fingerprint density at radius 2 is 1.96 bits per heavy atom. The summed E-state index contributed by atoms with van der Waals surface area (Å²) in [6, 6.07) is 7.06. The first-order valence-corrected chi connectivity index (χ1v) is 10.2. The summed E-state index contributed by atoms with van der Waals surface area (Å²) >= 11 is 0. The Hall–Kier alpha value is -1.46. The van der Waals surface area contributed by atoms with Gasteiger partial charge in [0.25, 0.3) is 0 Å². The normalized spacial score (nSPS) is 23.2. The number of hydrogen-bond acceptors (Lipinski definition) is 4. The van der Waals surface area contributed by atoms with Crippen LogP contribution in [0.4, 0.5) is 0 Å². The number of piperidine rings is 2. The number of likely N-dealkylation sites (tertiary alicyclic amines) is 2. The highest BCUT2D eigenvalue weighted by Gasteiger charge is 2.36. The Bertz CT molecular complexity index is 569. The molecule has 1 aromatic rings.